The first kappa shape index (κ1) is 19.2. The standard InChI is InChI=1S/C17H24N2O5S/c1-13-4-3-5-14(10-13)24-11-17(21)19-8-6-15(7-9-19)25(22,23)12-16(20)18-2/h3-5,10,15H,6-9,11-12H2,1-2H3,(H,18,20). The van der Waals surface area contributed by atoms with Crippen LogP contribution in [-0.4, -0.2) is 62.9 Å². The average molecular weight is 368 g/mol. The van der Waals surface area contributed by atoms with Crippen LogP contribution in [0.1, 0.15) is 18.4 Å². The Bertz CT molecular complexity index is 724. The first-order valence-electron chi connectivity index (χ1n) is 8.21. The van der Waals surface area contributed by atoms with Gasteiger partial charge in [-0.15, -0.1) is 0 Å². The molecule has 138 valence electrons. The molecule has 1 N–H and O–H groups in total. The van der Waals surface area contributed by atoms with Crippen LogP contribution < -0.4 is 10.1 Å². The molecule has 1 aromatic carbocycles. The monoisotopic (exact) mass is 368 g/mol. The number of piperidine rings is 1. The van der Waals surface area contributed by atoms with Gasteiger partial charge in [0.2, 0.25) is 5.91 Å². The fourth-order valence-electron chi connectivity index (χ4n) is 2.78. The van der Waals surface area contributed by atoms with E-state index in [-0.39, 0.29) is 12.5 Å². The molecule has 1 saturated heterocycles. The van der Waals surface area contributed by atoms with Crippen molar-refractivity contribution in [1.82, 2.24) is 10.2 Å². The summed E-state index contributed by atoms with van der Waals surface area (Å²) in [6.45, 7) is 2.58. The molecule has 0 aromatic heterocycles. The highest BCUT2D eigenvalue weighted by Crippen LogP contribution is 2.19. The van der Waals surface area contributed by atoms with Crippen molar-refractivity contribution in [3.8, 4) is 5.75 Å². The van der Waals surface area contributed by atoms with Gasteiger partial charge in [-0.25, -0.2) is 8.42 Å². The van der Waals surface area contributed by atoms with Crippen molar-refractivity contribution < 1.29 is 22.7 Å². The van der Waals surface area contributed by atoms with E-state index >= 15 is 0 Å². The summed E-state index contributed by atoms with van der Waals surface area (Å²) in [5, 5.41) is 1.75. The predicted octanol–water partition coefficient (Wildman–Crippen LogP) is 0.526. The lowest BCUT2D eigenvalue weighted by molar-refractivity contribution is -0.134. The Morgan fingerprint density at radius 1 is 1.28 bits per heavy atom. The number of amides is 2. The van der Waals surface area contributed by atoms with Crippen molar-refractivity contribution in [3.05, 3.63) is 29.8 Å². The van der Waals surface area contributed by atoms with Crippen LogP contribution >= 0.6 is 0 Å². The number of carbonyl (C=O) groups excluding carboxylic acids is 2. The van der Waals surface area contributed by atoms with Crippen LogP contribution in [0.25, 0.3) is 0 Å². The molecule has 1 fully saturated rings. The molecule has 0 spiro atoms. The van der Waals surface area contributed by atoms with Crippen LogP contribution in [0.2, 0.25) is 0 Å². The van der Waals surface area contributed by atoms with E-state index in [2.05, 4.69) is 5.32 Å². The largest absolute Gasteiger partial charge is 0.484 e. The first-order valence-corrected chi connectivity index (χ1v) is 9.93. The molecule has 25 heavy (non-hydrogen) atoms. The highest BCUT2D eigenvalue weighted by molar-refractivity contribution is 7.92. The van der Waals surface area contributed by atoms with E-state index in [0.29, 0.717) is 31.7 Å². The molecule has 1 aromatic rings. The van der Waals surface area contributed by atoms with Gasteiger partial charge in [-0.2, -0.15) is 0 Å². The fraction of sp³-hybridized carbons (Fsp3) is 0.529. The molecule has 0 bridgehead atoms. The van der Waals surface area contributed by atoms with E-state index < -0.39 is 26.7 Å². The summed E-state index contributed by atoms with van der Waals surface area (Å²) >= 11 is 0. The average Bonchev–Trinajstić information content (AvgIpc) is 2.59. The highest BCUT2D eigenvalue weighted by Gasteiger charge is 2.32. The summed E-state index contributed by atoms with van der Waals surface area (Å²) in [6, 6.07) is 7.44. The van der Waals surface area contributed by atoms with Gasteiger partial charge in [0, 0.05) is 20.1 Å². The maximum atomic E-state index is 12.2. The number of carbonyl (C=O) groups is 2. The minimum atomic E-state index is -3.49. The Balaban J connectivity index is 1.83. The van der Waals surface area contributed by atoms with Crippen molar-refractivity contribution >= 4 is 21.7 Å². The molecule has 8 heteroatoms. The molecule has 1 aliphatic heterocycles. The molecule has 2 amide bonds. The summed E-state index contributed by atoms with van der Waals surface area (Å²) in [5.41, 5.74) is 1.05. The van der Waals surface area contributed by atoms with E-state index in [4.69, 9.17) is 4.74 Å². The molecular weight excluding hydrogens is 344 g/mol. The second kappa shape index (κ2) is 8.33. The van der Waals surface area contributed by atoms with E-state index in [0.717, 1.165) is 5.56 Å². The number of sulfone groups is 1. The van der Waals surface area contributed by atoms with Crippen molar-refractivity contribution in [3.63, 3.8) is 0 Å². The maximum Gasteiger partial charge on any atom is 0.260 e. The van der Waals surface area contributed by atoms with Crippen LogP contribution in [-0.2, 0) is 19.4 Å². The topological polar surface area (TPSA) is 92.8 Å². The summed E-state index contributed by atoms with van der Waals surface area (Å²) in [5.74, 6) is -0.538. The number of hydrogen-bond acceptors (Lipinski definition) is 5. The van der Waals surface area contributed by atoms with Crippen molar-refractivity contribution in [1.29, 1.82) is 0 Å². The SMILES string of the molecule is CNC(=O)CS(=O)(=O)C1CCN(C(=O)COc2cccc(C)c2)CC1. The first-order chi connectivity index (χ1) is 11.8. The van der Waals surface area contributed by atoms with Gasteiger partial charge >= 0.3 is 0 Å². The van der Waals surface area contributed by atoms with Gasteiger partial charge in [0.05, 0.1) is 5.25 Å². The maximum absolute atomic E-state index is 12.2. The van der Waals surface area contributed by atoms with E-state index in [9.17, 15) is 18.0 Å². The van der Waals surface area contributed by atoms with Gasteiger partial charge in [-0.05, 0) is 37.5 Å². The Morgan fingerprint density at radius 2 is 1.96 bits per heavy atom. The van der Waals surface area contributed by atoms with Gasteiger partial charge < -0.3 is 15.0 Å². The molecule has 0 unspecified atom stereocenters. The number of likely N-dealkylation sites (tertiary alicyclic amines) is 1. The van der Waals surface area contributed by atoms with E-state index in [1.807, 2.05) is 25.1 Å². The Morgan fingerprint density at radius 3 is 2.56 bits per heavy atom. The number of nitrogens with zero attached hydrogens (tertiary/aromatic N) is 1. The smallest absolute Gasteiger partial charge is 0.260 e. The number of benzene rings is 1. The van der Waals surface area contributed by atoms with E-state index in [1.54, 1.807) is 11.0 Å². The molecular formula is C17H24N2O5S. The number of ether oxygens (including phenoxy) is 1. The summed E-state index contributed by atoms with van der Waals surface area (Å²) in [4.78, 5) is 25.2. The second-order valence-electron chi connectivity index (χ2n) is 6.17. The third kappa shape index (κ3) is 5.45. The number of nitrogens with one attached hydrogen (secondary N) is 1. The second-order valence-corrected chi connectivity index (χ2v) is 8.45. The lowest BCUT2D eigenvalue weighted by Gasteiger charge is -2.31. The third-order valence-corrected chi connectivity index (χ3v) is 6.42. The Hall–Kier alpha value is -2.09. The molecule has 2 rings (SSSR count). The lowest BCUT2D eigenvalue weighted by Crippen LogP contribution is -2.45. The number of aryl methyl sites for hydroxylation is 1. The number of hydrogen-bond donors (Lipinski definition) is 1. The van der Waals surface area contributed by atoms with Crippen LogP contribution in [0.5, 0.6) is 5.75 Å². The molecule has 0 aliphatic carbocycles. The lowest BCUT2D eigenvalue weighted by atomic mass is 10.1. The summed E-state index contributed by atoms with van der Waals surface area (Å²) < 4.78 is 29.9. The fourth-order valence-corrected chi connectivity index (χ4v) is 4.45. The molecule has 1 aliphatic rings. The number of rotatable bonds is 6. The van der Waals surface area contributed by atoms with Gasteiger partial charge in [0.25, 0.3) is 5.91 Å². The van der Waals surface area contributed by atoms with Gasteiger partial charge in [0.15, 0.2) is 16.4 Å². The van der Waals surface area contributed by atoms with E-state index in [1.165, 1.54) is 7.05 Å². The summed E-state index contributed by atoms with van der Waals surface area (Å²) in [6.07, 6.45) is 0.686. The van der Waals surface area contributed by atoms with Crippen molar-refractivity contribution in [2.24, 2.45) is 0 Å². The van der Waals surface area contributed by atoms with Crippen molar-refractivity contribution in [2.45, 2.75) is 25.0 Å². The minimum Gasteiger partial charge on any atom is -0.484 e. The van der Waals surface area contributed by atoms with Crippen LogP contribution in [0, 0.1) is 6.92 Å². The van der Waals surface area contributed by atoms with Crippen molar-refractivity contribution in [2.75, 3.05) is 32.5 Å². The molecule has 0 atom stereocenters. The quantitative estimate of drug-likeness (QED) is 0.790. The Labute approximate surface area is 148 Å². The highest BCUT2D eigenvalue weighted by atomic mass is 32.2. The Kier molecular flexibility index (Phi) is 6.41. The zero-order chi connectivity index (χ0) is 18.4. The van der Waals surface area contributed by atoms with Crippen LogP contribution in [0.3, 0.4) is 0 Å². The van der Waals surface area contributed by atoms with Gasteiger partial charge in [-0.1, -0.05) is 12.1 Å². The van der Waals surface area contributed by atoms with Gasteiger partial charge in [-0.3, -0.25) is 9.59 Å². The predicted molar refractivity (Wildman–Crippen MR) is 94.1 cm³/mol. The zero-order valence-electron chi connectivity index (χ0n) is 14.5. The minimum absolute atomic E-state index is 0.0703. The molecule has 0 radical (unpaired) electrons. The summed E-state index contributed by atoms with van der Waals surface area (Å²) in [7, 11) is -2.08. The third-order valence-electron chi connectivity index (χ3n) is 4.27. The van der Waals surface area contributed by atoms with Gasteiger partial charge in [0.1, 0.15) is 11.5 Å². The van der Waals surface area contributed by atoms with Crippen LogP contribution in [0.4, 0.5) is 0 Å². The zero-order valence-corrected chi connectivity index (χ0v) is 15.3. The van der Waals surface area contributed by atoms with Crippen LogP contribution in [0.15, 0.2) is 24.3 Å². The molecule has 0 saturated carbocycles. The molecule has 7 nitrogen and oxygen atoms in total. The normalized spacial score (nSPS) is 15.7. The molecule has 1 heterocycles.